The fourth-order valence-corrected chi connectivity index (χ4v) is 3.93. The maximum absolute atomic E-state index is 13.0. The van der Waals surface area contributed by atoms with Gasteiger partial charge in [-0.2, -0.15) is 0 Å². The maximum Gasteiger partial charge on any atom is 0.241 e. The molecule has 2 rings (SSSR count). The summed E-state index contributed by atoms with van der Waals surface area (Å²) in [5.41, 5.74) is 2.04. The highest BCUT2D eigenvalue weighted by Gasteiger charge is 2.21. The lowest BCUT2D eigenvalue weighted by atomic mass is 10.1. The maximum atomic E-state index is 13.0. The Labute approximate surface area is 136 Å². The van der Waals surface area contributed by atoms with Gasteiger partial charge in [0.1, 0.15) is 11.6 Å². The first-order valence-electron chi connectivity index (χ1n) is 7.17. The van der Waals surface area contributed by atoms with Gasteiger partial charge < -0.3 is 4.74 Å². The number of hydrogen-bond donors (Lipinski definition) is 1. The summed E-state index contributed by atoms with van der Waals surface area (Å²) in [5.74, 6) is 0.290. The van der Waals surface area contributed by atoms with E-state index in [0.717, 1.165) is 5.56 Å². The lowest BCUT2D eigenvalue weighted by molar-refractivity contribution is 0.411. The van der Waals surface area contributed by atoms with Gasteiger partial charge in [0.25, 0.3) is 0 Å². The van der Waals surface area contributed by atoms with E-state index in [1.807, 2.05) is 0 Å². The Balaban J connectivity index is 2.32. The lowest BCUT2D eigenvalue weighted by Crippen LogP contribution is -2.27. The van der Waals surface area contributed by atoms with Crippen LogP contribution in [0.3, 0.4) is 0 Å². The van der Waals surface area contributed by atoms with Crippen molar-refractivity contribution in [3.63, 3.8) is 0 Å². The van der Waals surface area contributed by atoms with E-state index in [2.05, 4.69) is 4.72 Å². The zero-order valence-corrected chi connectivity index (χ0v) is 14.4. The molecule has 0 aliphatic carbocycles. The second-order valence-electron chi connectivity index (χ2n) is 5.48. The van der Waals surface area contributed by atoms with Crippen molar-refractivity contribution in [3.8, 4) is 5.75 Å². The predicted molar refractivity (Wildman–Crippen MR) is 87.6 cm³/mol. The summed E-state index contributed by atoms with van der Waals surface area (Å²) >= 11 is 0. The first-order chi connectivity index (χ1) is 10.7. The molecule has 6 heteroatoms. The van der Waals surface area contributed by atoms with Crippen molar-refractivity contribution in [2.45, 2.75) is 31.7 Å². The highest BCUT2D eigenvalue weighted by molar-refractivity contribution is 7.89. The third kappa shape index (κ3) is 3.89. The number of hydrogen-bond acceptors (Lipinski definition) is 3. The number of sulfonamides is 1. The highest BCUT2D eigenvalue weighted by atomic mass is 32.2. The van der Waals surface area contributed by atoms with Gasteiger partial charge in [0.05, 0.1) is 12.0 Å². The summed E-state index contributed by atoms with van der Waals surface area (Å²) in [4.78, 5) is 0.213. The fraction of sp³-hybridized carbons (Fsp3) is 0.294. The minimum absolute atomic E-state index is 0.213. The molecule has 1 atom stereocenters. The first-order valence-corrected chi connectivity index (χ1v) is 8.66. The summed E-state index contributed by atoms with van der Waals surface area (Å²) < 4.78 is 46.1. The number of ether oxygens (including phenoxy) is 1. The smallest absolute Gasteiger partial charge is 0.241 e. The minimum atomic E-state index is -3.70. The van der Waals surface area contributed by atoms with Crippen molar-refractivity contribution in [1.29, 1.82) is 0 Å². The van der Waals surface area contributed by atoms with E-state index >= 15 is 0 Å². The predicted octanol–water partition coefficient (Wildman–Crippen LogP) is 3.49. The summed E-state index contributed by atoms with van der Waals surface area (Å²) in [6, 6.07) is 8.57. The monoisotopic (exact) mass is 337 g/mol. The van der Waals surface area contributed by atoms with Crippen molar-refractivity contribution >= 4 is 10.0 Å². The SMILES string of the molecule is COc1cc(C)c(S(=O)(=O)N[C@H](C)c2ccc(F)cc2)cc1C. The highest BCUT2D eigenvalue weighted by Crippen LogP contribution is 2.26. The summed E-state index contributed by atoms with van der Waals surface area (Å²) in [6.45, 7) is 5.23. The number of methoxy groups -OCH3 is 1. The Hall–Kier alpha value is -1.92. The standard InChI is InChI=1S/C17H20FNO3S/c1-11-10-17(12(2)9-16(11)22-4)23(20,21)19-13(3)14-5-7-15(18)8-6-14/h5-10,13,19H,1-4H3/t13-/m1/s1. The van der Waals surface area contributed by atoms with Crippen molar-refractivity contribution in [2.24, 2.45) is 0 Å². The molecule has 0 aromatic heterocycles. The van der Waals surface area contributed by atoms with Gasteiger partial charge in [-0.1, -0.05) is 12.1 Å². The van der Waals surface area contributed by atoms with Gasteiger partial charge in [0.15, 0.2) is 0 Å². The molecule has 0 radical (unpaired) electrons. The van der Waals surface area contributed by atoms with E-state index in [1.54, 1.807) is 52.1 Å². The van der Waals surface area contributed by atoms with Crippen molar-refractivity contribution in [3.05, 3.63) is 58.9 Å². The van der Waals surface area contributed by atoms with Crippen LogP contribution in [0.15, 0.2) is 41.3 Å². The number of halogens is 1. The normalized spacial score (nSPS) is 12.9. The van der Waals surface area contributed by atoms with Crippen LogP contribution in [-0.2, 0) is 10.0 Å². The molecule has 0 amide bonds. The van der Waals surface area contributed by atoms with E-state index in [1.165, 1.54) is 12.1 Å². The summed E-state index contributed by atoms with van der Waals surface area (Å²) in [5, 5.41) is 0. The molecule has 4 nitrogen and oxygen atoms in total. The van der Waals surface area contributed by atoms with Gasteiger partial charge in [0.2, 0.25) is 10.0 Å². The van der Waals surface area contributed by atoms with Crippen LogP contribution in [0, 0.1) is 19.7 Å². The average Bonchev–Trinajstić information content (AvgIpc) is 2.49. The molecule has 0 fully saturated rings. The molecular weight excluding hydrogens is 317 g/mol. The van der Waals surface area contributed by atoms with Crippen LogP contribution in [-0.4, -0.2) is 15.5 Å². The van der Waals surface area contributed by atoms with Gasteiger partial charge >= 0.3 is 0 Å². The Morgan fingerprint density at radius 2 is 1.70 bits per heavy atom. The van der Waals surface area contributed by atoms with Crippen LogP contribution < -0.4 is 9.46 Å². The van der Waals surface area contributed by atoms with Crippen LogP contribution in [0.2, 0.25) is 0 Å². The molecule has 0 spiro atoms. The van der Waals surface area contributed by atoms with Crippen LogP contribution in [0.5, 0.6) is 5.75 Å². The number of nitrogens with one attached hydrogen (secondary N) is 1. The largest absolute Gasteiger partial charge is 0.496 e. The molecule has 23 heavy (non-hydrogen) atoms. The molecular formula is C17H20FNO3S. The van der Waals surface area contributed by atoms with Crippen molar-refractivity contribution in [1.82, 2.24) is 4.72 Å². The van der Waals surface area contributed by atoms with Crippen LogP contribution in [0.1, 0.15) is 29.7 Å². The van der Waals surface area contributed by atoms with Gasteiger partial charge in [-0.25, -0.2) is 17.5 Å². The fourth-order valence-electron chi connectivity index (χ4n) is 2.39. The van der Waals surface area contributed by atoms with Crippen LogP contribution in [0.4, 0.5) is 4.39 Å². The first kappa shape index (κ1) is 17.4. The summed E-state index contributed by atoms with van der Waals surface area (Å²) in [7, 11) is -2.15. The zero-order valence-electron chi connectivity index (χ0n) is 13.6. The molecule has 2 aromatic rings. The van der Waals surface area contributed by atoms with E-state index < -0.39 is 16.1 Å². The molecule has 0 unspecified atom stereocenters. The molecule has 0 saturated heterocycles. The Kier molecular flexibility index (Phi) is 5.06. The molecule has 0 heterocycles. The van der Waals surface area contributed by atoms with Crippen LogP contribution in [0.25, 0.3) is 0 Å². The number of benzene rings is 2. The minimum Gasteiger partial charge on any atom is -0.496 e. The quantitative estimate of drug-likeness (QED) is 0.908. The van der Waals surface area contributed by atoms with Gasteiger partial charge in [-0.3, -0.25) is 0 Å². The molecule has 0 saturated carbocycles. The topological polar surface area (TPSA) is 55.4 Å². The van der Waals surface area contributed by atoms with Gasteiger partial charge in [0, 0.05) is 6.04 Å². The van der Waals surface area contributed by atoms with E-state index in [0.29, 0.717) is 16.9 Å². The van der Waals surface area contributed by atoms with E-state index in [9.17, 15) is 12.8 Å². The molecule has 1 N–H and O–H groups in total. The molecule has 2 aromatic carbocycles. The Bertz CT molecular complexity index is 801. The molecule has 0 bridgehead atoms. The molecule has 124 valence electrons. The second kappa shape index (κ2) is 6.68. The van der Waals surface area contributed by atoms with Gasteiger partial charge in [-0.05, 0) is 61.7 Å². The third-order valence-corrected chi connectivity index (χ3v) is 5.37. The molecule has 0 aliphatic rings. The number of rotatable bonds is 5. The Morgan fingerprint density at radius 3 is 2.26 bits per heavy atom. The van der Waals surface area contributed by atoms with Gasteiger partial charge in [-0.15, -0.1) is 0 Å². The zero-order chi connectivity index (χ0) is 17.2. The molecule has 0 aliphatic heterocycles. The summed E-state index contributed by atoms with van der Waals surface area (Å²) in [6.07, 6.45) is 0. The average molecular weight is 337 g/mol. The van der Waals surface area contributed by atoms with Crippen molar-refractivity contribution < 1.29 is 17.5 Å². The number of aryl methyl sites for hydroxylation is 2. The second-order valence-corrected chi connectivity index (χ2v) is 7.16. The van der Waals surface area contributed by atoms with E-state index in [4.69, 9.17) is 4.74 Å². The lowest BCUT2D eigenvalue weighted by Gasteiger charge is -2.17. The van der Waals surface area contributed by atoms with Crippen molar-refractivity contribution in [2.75, 3.05) is 7.11 Å². The Morgan fingerprint density at radius 1 is 1.09 bits per heavy atom. The third-order valence-electron chi connectivity index (χ3n) is 3.68. The van der Waals surface area contributed by atoms with Crippen LogP contribution >= 0.6 is 0 Å². The van der Waals surface area contributed by atoms with E-state index in [-0.39, 0.29) is 10.7 Å².